The summed E-state index contributed by atoms with van der Waals surface area (Å²) in [4.78, 5) is 14.9. The van der Waals surface area contributed by atoms with Crippen LogP contribution in [-0.4, -0.2) is 22.2 Å². The summed E-state index contributed by atoms with van der Waals surface area (Å²) in [6.07, 6.45) is 1.20. The molecule has 17 heavy (non-hydrogen) atoms. The number of aromatic nitrogens is 1. The first-order valence-corrected chi connectivity index (χ1v) is 6.33. The first-order chi connectivity index (χ1) is 8.24. The van der Waals surface area contributed by atoms with Gasteiger partial charge in [-0.1, -0.05) is 6.07 Å². The van der Waals surface area contributed by atoms with Gasteiger partial charge in [0, 0.05) is 0 Å². The fourth-order valence-corrected chi connectivity index (χ4v) is 2.69. The van der Waals surface area contributed by atoms with E-state index in [0.717, 1.165) is 16.0 Å². The highest BCUT2D eigenvalue weighted by molar-refractivity contribution is 7.16. The Balaban J connectivity index is 1.74. The standard InChI is InChI=1S/C12H11NO3S/c14-12(15)7-4-8(5-7)16-9-2-1-3-10-11(9)13-6-17-10/h1-3,6-8H,4-5H2,(H,14,15)/t7-,8-. The third-order valence-electron chi connectivity index (χ3n) is 3.06. The molecule has 1 aromatic carbocycles. The Morgan fingerprint density at radius 3 is 3.06 bits per heavy atom. The number of benzene rings is 1. The number of aliphatic carboxylic acids is 1. The highest BCUT2D eigenvalue weighted by Crippen LogP contribution is 2.34. The number of hydrogen-bond acceptors (Lipinski definition) is 4. The van der Waals surface area contributed by atoms with Gasteiger partial charge < -0.3 is 9.84 Å². The molecule has 1 aliphatic rings. The monoisotopic (exact) mass is 249 g/mol. The molecule has 3 rings (SSSR count). The lowest BCUT2D eigenvalue weighted by atomic mass is 9.82. The van der Waals surface area contributed by atoms with Gasteiger partial charge in [-0.2, -0.15) is 0 Å². The van der Waals surface area contributed by atoms with Crippen molar-refractivity contribution in [2.24, 2.45) is 5.92 Å². The molecule has 1 aliphatic carbocycles. The van der Waals surface area contributed by atoms with Gasteiger partial charge in [0.15, 0.2) is 0 Å². The second-order valence-electron chi connectivity index (χ2n) is 4.20. The molecule has 0 spiro atoms. The Kier molecular flexibility index (Phi) is 2.48. The zero-order chi connectivity index (χ0) is 11.8. The third kappa shape index (κ3) is 1.86. The van der Waals surface area contributed by atoms with Crippen LogP contribution in [0.4, 0.5) is 0 Å². The molecule has 5 heteroatoms. The average molecular weight is 249 g/mol. The maximum atomic E-state index is 10.7. The number of ether oxygens (including phenoxy) is 1. The van der Waals surface area contributed by atoms with E-state index in [1.807, 2.05) is 18.2 Å². The number of hydrogen-bond donors (Lipinski definition) is 1. The molecule has 0 amide bonds. The molecular weight excluding hydrogens is 238 g/mol. The highest BCUT2D eigenvalue weighted by Gasteiger charge is 2.36. The lowest BCUT2D eigenvalue weighted by Gasteiger charge is -2.32. The Hall–Kier alpha value is -1.62. The summed E-state index contributed by atoms with van der Waals surface area (Å²) < 4.78 is 6.88. The van der Waals surface area contributed by atoms with Gasteiger partial charge >= 0.3 is 5.97 Å². The van der Waals surface area contributed by atoms with Crippen molar-refractivity contribution in [2.45, 2.75) is 18.9 Å². The summed E-state index contributed by atoms with van der Waals surface area (Å²) in [6.45, 7) is 0. The van der Waals surface area contributed by atoms with Gasteiger partial charge in [-0.3, -0.25) is 4.79 Å². The van der Waals surface area contributed by atoms with E-state index >= 15 is 0 Å². The van der Waals surface area contributed by atoms with Gasteiger partial charge in [-0.05, 0) is 25.0 Å². The molecule has 1 saturated carbocycles. The van der Waals surface area contributed by atoms with Crippen molar-refractivity contribution in [3.63, 3.8) is 0 Å². The molecule has 0 bridgehead atoms. The van der Waals surface area contributed by atoms with Crippen LogP contribution in [0.15, 0.2) is 23.7 Å². The maximum Gasteiger partial charge on any atom is 0.306 e. The Morgan fingerprint density at radius 1 is 1.47 bits per heavy atom. The van der Waals surface area contributed by atoms with Crippen LogP contribution in [0.5, 0.6) is 5.75 Å². The summed E-state index contributed by atoms with van der Waals surface area (Å²) in [5.41, 5.74) is 2.66. The number of carbonyl (C=O) groups is 1. The average Bonchev–Trinajstić information content (AvgIpc) is 2.70. The first-order valence-electron chi connectivity index (χ1n) is 5.45. The van der Waals surface area contributed by atoms with Crippen molar-refractivity contribution >= 4 is 27.5 Å². The quantitative estimate of drug-likeness (QED) is 0.908. The van der Waals surface area contributed by atoms with Gasteiger partial charge in [0.2, 0.25) is 0 Å². The lowest BCUT2D eigenvalue weighted by molar-refractivity contribution is -0.147. The van der Waals surface area contributed by atoms with Crippen LogP contribution in [0.3, 0.4) is 0 Å². The Labute approximate surface area is 102 Å². The largest absolute Gasteiger partial charge is 0.488 e. The molecular formula is C12H11NO3S. The second kappa shape index (κ2) is 4.00. The van der Waals surface area contributed by atoms with Gasteiger partial charge in [-0.15, -0.1) is 11.3 Å². The molecule has 4 nitrogen and oxygen atoms in total. The number of carboxylic acids is 1. The first kappa shape index (κ1) is 10.5. The van der Waals surface area contributed by atoms with Gasteiger partial charge in [-0.25, -0.2) is 4.98 Å². The molecule has 0 unspecified atom stereocenters. The molecule has 1 heterocycles. The summed E-state index contributed by atoms with van der Waals surface area (Å²) >= 11 is 1.57. The molecule has 1 aromatic heterocycles. The van der Waals surface area contributed by atoms with Gasteiger partial charge in [0.05, 0.1) is 16.1 Å². The third-order valence-corrected chi connectivity index (χ3v) is 3.86. The molecule has 0 atom stereocenters. The van der Waals surface area contributed by atoms with Crippen LogP contribution >= 0.6 is 11.3 Å². The maximum absolute atomic E-state index is 10.7. The number of para-hydroxylation sites is 1. The van der Waals surface area contributed by atoms with Crippen LogP contribution in [-0.2, 0) is 4.79 Å². The molecule has 88 valence electrons. The minimum atomic E-state index is -0.725. The predicted octanol–water partition coefficient (Wildman–Crippen LogP) is 2.54. The highest BCUT2D eigenvalue weighted by atomic mass is 32.1. The van der Waals surface area contributed by atoms with E-state index in [0.29, 0.717) is 12.8 Å². The number of nitrogens with zero attached hydrogens (tertiary/aromatic N) is 1. The molecule has 1 fully saturated rings. The van der Waals surface area contributed by atoms with Crippen molar-refractivity contribution < 1.29 is 14.6 Å². The van der Waals surface area contributed by atoms with Crippen molar-refractivity contribution in [3.05, 3.63) is 23.7 Å². The summed E-state index contributed by atoms with van der Waals surface area (Å²) in [7, 11) is 0. The van der Waals surface area contributed by atoms with E-state index in [2.05, 4.69) is 4.98 Å². The summed E-state index contributed by atoms with van der Waals surface area (Å²) in [5.74, 6) is -0.205. The van der Waals surface area contributed by atoms with Gasteiger partial charge in [0.1, 0.15) is 17.4 Å². The smallest absolute Gasteiger partial charge is 0.306 e. The minimum Gasteiger partial charge on any atom is -0.488 e. The zero-order valence-corrected chi connectivity index (χ0v) is 9.81. The zero-order valence-electron chi connectivity index (χ0n) is 9.00. The van der Waals surface area contributed by atoms with Crippen molar-refractivity contribution in [3.8, 4) is 5.75 Å². The number of thiazole rings is 1. The Morgan fingerprint density at radius 2 is 2.29 bits per heavy atom. The molecule has 0 aliphatic heterocycles. The van der Waals surface area contributed by atoms with E-state index in [9.17, 15) is 4.79 Å². The fraction of sp³-hybridized carbons (Fsp3) is 0.333. The van der Waals surface area contributed by atoms with Crippen LogP contribution < -0.4 is 4.74 Å². The minimum absolute atomic E-state index is 0.0170. The van der Waals surface area contributed by atoms with Crippen molar-refractivity contribution in [2.75, 3.05) is 0 Å². The number of carboxylic acid groups (broad SMARTS) is 1. The van der Waals surface area contributed by atoms with Crippen LogP contribution in [0.2, 0.25) is 0 Å². The molecule has 1 N–H and O–H groups in total. The van der Waals surface area contributed by atoms with E-state index < -0.39 is 5.97 Å². The van der Waals surface area contributed by atoms with Crippen LogP contribution in [0.1, 0.15) is 12.8 Å². The Bertz CT molecular complexity index is 560. The SMILES string of the molecule is O=C(O)[C@H]1C[C@H](Oc2cccc3scnc23)C1. The fourth-order valence-electron chi connectivity index (χ4n) is 2.00. The van der Waals surface area contributed by atoms with E-state index in [-0.39, 0.29) is 12.0 Å². The van der Waals surface area contributed by atoms with Crippen LogP contribution in [0.25, 0.3) is 10.2 Å². The summed E-state index contributed by atoms with van der Waals surface area (Å²) in [5, 5.41) is 8.79. The molecule has 0 radical (unpaired) electrons. The van der Waals surface area contributed by atoms with E-state index in [1.54, 1.807) is 16.8 Å². The number of fused-ring (bicyclic) bond motifs is 1. The number of rotatable bonds is 3. The van der Waals surface area contributed by atoms with Crippen molar-refractivity contribution in [1.29, 1.82) is 0 Å². The van der Waals surface area contributed by atoms with E-state index in [4.69, 9.17) is 9.84 Å². The van der Waals surface area contributed by atoms with Crippen molar-refractivity contribution in [1.82, 2.24) is 4.98 Å². The second-order valence-corrected chi connectivity index (χ2v) is 5.09. The summed E-state index contributed by atoms with van der Waals surface area (Å²) in [6, 6.07) is 5.82. The predicted molar refractivity (Wildman–Crippen MR) is 64.4 cm³/mol. The normalized spacial score (nSPS) is 23.3. The molecule has 2 aromatic rings. The van der Waals surface area contributed by atoms with Gasteiger partial charge in [0.25, 0.3) is 0 Å². The topological polar surface area (TPSA) is 59.4 Å². The van der Waals surface area contributed by atoms with E-state index in [1.165, 1.54) is 0 Å². The molecule has 0 saturated heterocycles. The van der Waals surface area contributed by atoms with Crippen LogP contribution in [0, 0.1) is 5.92 Å². The lowest BCUT2D eigenvalue weighted by Crippen LogP contribution is -2.38.